The topological polar surface area (TPSA) is 25.2 Å². The molecule has 2 aromatic heterocycles. The summed E-state index contributed by atoms with van der Waals surface area (Å²) in [5.41, 5.74) is 1.39. The summed E-state index contributed by atoms with van der Waals surface area (Å²) < 4.78 is 6.60. The first-order valence-electron chi connectivity index (χ1n) is 6.74. The molecule has 2 heterocycles. The molecule has 2 unspecified atom stereocenters. The zero-order valence-electron chi connectivity index (χ0n) is 11.2. The number of furan rings is 1. The monoisotopic (exact) mass is 295 g/mol. The summed E-state index contributed by atoms with van der Waals surface area (Å²) in [6.45, 7) is 4.13. The molecule has 2 atom stereocenters. The van der Waals surface area contributed by atoms with Crippen molar-refractivity contribution in [1.29, 1.82) is 0 Å². The van der Waals surface area contributed by atoms with Crippen molar-refractivity contribution in [3.05, 3.63) is 44.5 Å². The van der Waals surface area contributed by atoms with Crippen LogP contribution in [0.5, 0.6) is 0 Å². The Morgan fingerprint density at radius 2 is 2.32 bits per heavy atom. The Hall–Kier alpha value is -0.770. The van der Waals surface area contributed by atoms with Crippen LogP contribution in [0.3, 0.4) is 0 Å². The molecular formula is C15H18ClNOS. The second-order valence-corrected chi connectivity index (χ2v) is 6.98. The molecule has 19 heavy (non-hydrogen) atoms. The lowest BCUT2D eigenvalue weighted by Gasteiger charge is -2.26. The van der Waals surface area contributed by atoms with Crippen LogP contribution in [-0.2, 0) is 6.42 Å². The lowest BCUT2D eigenvalue weighted by atomic mass is 9.93. The minimum absolute atomic E-state index is 0.225. The summed E-state index contributed by atoms with van der Waals surface area (Å²) in [5.74, 6) is 1.97. The Balaban J connectivity index is 1.77. The normalized spacial score (nSPS) is 20.3. The molecule has 0 saturated heterocycles. The number of thiophene rings is 1. The number of halogens is 1. The van der Waals surface area contributed by atoms with Crippen LogP contribution >= 0.6 is 22.9 Å². The van der Waals surface area contributed by atoms with Crippen LogP contribution in [0.1, 0.15) is 53.8 Å². The Morgan fingerprint density at radius 3 is 3.05 bits per heavy atom. The van der Waals surface area contributed by atoms with Gasteiger partial charge in [0.15, 0.2) is 0 Å². The molecule has 1 N–H and O–H groups in total. The largest absolute Gasteiger partial charge is 0.465 e. The number of fused-ring (bicyclic) bond motifs is 1. The predicted molar refractivity (Wildman–Crippen MR) is 80.0 cm³/mol. The molecule has 3 rings (SSSR count). The molecule has 102 valence electrons. The molecule has 2 aromatic rings. The van der Waals surface area contributed by atoms with Crippen LogP contribution in [-0.4, -0.2) is 0 Å². The molecule has 0 saturated carbocycles. The van der Waals surface area contributed by atoms with Crippen LogP contribution in [0.2, 0.25) is 4.34 Å². The van der Waals surface area contributed by atoms with Gasteiger partial charge in [-0.3, -0.25) is 0 Å². The lowest BCUT2D eigenvalue weighted by molar-refractivity contribution is 0.363. The number of rotatable bonds is 3. The van der Waals surface area contributed by atoms with Gasteiger partial charge < -0.3 is 9.73 Å². The Bertz CT molecular complexity index is 574. The zero-order valence-corrected chi connectivity index (χ0v) is 12.8. The first kappa shape index (κ1) is 13.2. The van der Waals surface area contributed by atoms with Gasteiger partial charge in [0.1, 0.15) is 11.5 Å². The molecule has 1 aliphatic carbocycles. The van der Waals surface area contributed by atoms with Gasteiger partial charge in [0.2, 0.25) is 0 Å². The number of nitrogens with one attached hydrogen (secondary N) is 1. The summed E-state index contributed by atoms with van der Waals surface area (Å²) >= 11 is 7.87. The molecule has 0 amide bonds. The van der Waals surface area contributed by atoms with E-state index in [1.54, 1.807) is 11.3 Å². The number of hydrogen-bond acceptors (Lipinski definition) is 3. The highest BCUT2D eigenvalue weighted by Gasteiger charge is 2.24. The Morgan fingerprint density at radius 1 is 1.47 bits per heavy atom. The van der Waals surface area contributed by atoms with Gasteiger partial charge in [-0.2, -0.15) is 0 Å². The summed E-state index contributed by atoms with van der Waals surface area (Å²) in [5, 5.41) is 3.67. The first-order chi connectivity index (χ1) is 9.13. The average Bonchev–Trinajstić information content (AvgIpc) is 2.95. The van der Waals surface area contributed by atoms with Gasteiger partial charge in [-0.1, -0.05) is 11.6 Å². The van der Waals surface area contributed by atoms with E-state index in [9.17, 15) is 0 Å². The standard InChI is InChI=1S/C15H18ClNOS/c1-9-6-7-13(18-9)10(2)17-12-4-3-5-14-11(12)8-15(16)19-14/h6-8,10,12,17H,3-5H2,1-2H3. The van der Waals surface area contributed by atoms with Crippen LogP contribution in [0, 0.1) is 6.92 Å². The van der Waals surface area contributed by atoms with E-state index in [-0.39, 0.29) is 6.04 Å². The fourth-order valence-corrected chi connectivity index (χ4v) is 4.15. The maximum atomic E-state index is 6.15. The smallest absolute Gasteiger partial charge is 0.120 e. The second-order valence-electron chi connectivity index (χ2n) is 5.21. The fraction of sp³-hybridized carbons (Fsp3) is 0.467. The zero-order chi connectivity index (χ0) is 13.4. The molecular weight excluding hydrogens is 278 g/mol. The van der Waals surface area contributed by atoms with Crippen molar-refractivity contribution in [2.45, 2.75) is 45.2 Å². The Labute approximate surface area is 122 Å². The predicted octanol–water partition coefficient (Wildman–Crippen LogP) is 5.03. The van der Waals surface area contributed by atoms with E-state index >= 15 is 0 Å². The van der Waals surface area contributed by atoms with Gasteiger partial charge in [-0.15, -0.1) is 11.3 Å². The third kappa shape index (κ3) is 2.73. The molecule has 0 bridgehead atoms. The highest BCUT2D eigenvalue weighted by atomic mass is 35.5. The first-order valence-corrected chi connectivity index (χ1v) is 7.93. The van der Waals surface area contributed by atoms with Crippen molar-refractivity contribution < 1.29 is 4.42 Å². The molecule has 1 aliphatic rings. The van der Waals surface area contributed by atoms with Crippen molar-refractivity contribution in [2.24, 2.45) is 0 Å². The third-order valence-corrected chi connectivity index (χ3v) is 5.06. The molecule has 0 radical (unpaired) electrons. The third-order valence-electron chi connectivity index (χ3n) is 3.72. The summed E-state index contributed by atoms with van der Waals surface area (Å²) in [7, 11) is 0. The minimum atomic E-state index is 0.225. The van der Waals surface area contributed by atoms with Crippen LogP contribution in [0.25, 0.3) is 0 Å². The van der Waals surface area contributed by atoms with E-state index in [1.807, 2.05) is 13.0 Å². The van der Waals surface area contributed by atoms with Crippen LogP contribution < -0.4 is 5.32 Å². The van der Waals surface area contributed by atoms with E-state index in [4.69, 9.17) is 16.0 Å². The van der Waals surface area contributed by atoms with E-state index in [0.717, 1.165) is 15.9 Å². The van der Waals surface area contributed by atoms with Gasteiger partial charge in [-0.25, -0.2) is 0 Å². The van der Waals surface area contributed by atoms with Gasteiger partial charge in [0.05, 0.1) is 10.4 Å². The van der Waals surface area contributed by atoms with Crippen LogP contribution in [0.15, 0.2) is 22.6 Å². The number of hydrogen-bond donors (Lipinski definition) is 1. The van der Waals surface area contributed by atoms with Crippen molar-refractivity contribution in [2.75, 3.05) is 0 Å². The van der Waals surface area contributed by atoms with Gasteiger partial charge >= 0.3 is 0 Å². The van der Waals surface area contributed by atoms with Crippen LogP contribution in [0.4, 0.5) is 0 Å². The van der Waals surface area contributed by atoms with Gasteiger partial charge in [0, 0.05) is 10.9 Å². The minimum Gasteiger partial charge on any atom is -0.465 e. The van der Waals surface area contributed by atoms with Crippen molar-refractivity contribution in [1.82, 2.24) is 5.32 Å². The lowest BCUT2D eigenvalue weighted by Crippen LogP contribution is -2.26. The molecule has 0 aliphatic heterocycles. The molecule has 0 fully saturated rings. The summed E-state index contributed by atoms with van der Waals surface area (Å²) in [4.78, 5) is 1.44. The highest BCUT2D eigenvalue weighted by molar-refractivity contribution is 7.16. The van der Waals surface area contributed by atoms with Gasteiger partial charge in [0.25, 0.3) is 0 Å². The Kier molecular flexibility index (Phi) is 3.70. The molecule has 4 heteroatoms. The molecule has 2 nitrogen and oxygen atoms in total. The van der Waals surface area contributed by atoms with Crippen molar-refractivity contribution in [3.63, 3.8) is 0 Å². The van der Waals surface area contributed by atoms with E-state index < -0.39 is 0 Å². The van der Waals surface area contributed by atoms with E-state index in [0.29, 0.717) is 6.04 Å². The summed E-state index contributed by atoms with van der Waals surface area (Å²) in [6.07, 6.45) is 3.56. The molecule has 0 spiro atoms. The molecule has 0 aromatic carbocycles. The second kappa shape index (κ2) is 5.31. The van der Waals surface area contributed by atoms with Crippen molar-refractivity contribution in [3.8, 4) is 0 Å². The SMILES string of the molecule is Cc1ccc(C(C)NC2CCCc3sc(Cl)cc32)o1. The maximum Gasteiger partial charge on any atom is 0.120 e. The number of aryl methyl sites for hydroxylation is 2. The quantitative estimate of drug-likeness (QED) is 0.859. The van der Waals surface area contributed by atoms with E-state index in [2.05, 4.69) is 24.4 Å². The van der Waals surface area contributed by atoms with Crippen molar-refractivity contribution >= 4 is 22.9 Å². The fourth-order valence-electron chi connectivity index (χ4n) is 2.76. The maximum absolute atomic E-state index is 6.15. The average molecular weight is 296 g/mol. The summed E-state index contributed by atoms with van der Waals surface area (Å²) in [6, 6.07) is 6.81. The van der Waals surface area contributed by atoms with E-state index in [1.165, 1.54) is 29.7 Å². The van der Waals surface area contributed by atoms with Gasteiger partial charge in [-0.05, 0) is 56.9 Å². The highest BCUT2D eigenvalue weighted by Crippen LogP contribution is 2.38.